The minimum Gasteiger partial charge on any atom is -0.365 e. The molecular formula is C20H29FN4O. The Morgan fingerprint density at radius 1 is 1.12 bits per heavy atom. The van der Waals surface area contributed by atoms with Crippen molar-refractivity contribution in [2.75, 3.05) is 63.9 Å². The van der Waals surface area contributed by atoms with Crippen LogP contribution in [0.4, 0.5) is 10.2 Å². The zero-order valence-electron chi connectivity index (χ0n) is 15.7. The highest BCUT2D eigenvalue weighted by molar-refractivity contribution is 5.39. The third-order valence-corrected chi connectivity index (χ3v) is 5.21. The summed E-state index contributed by atoms with van der Waals surface area (Å²) in [6, 6.07) is 3.08. The molecule has 0 aromatic carbocycles. The third-order valence-electron chi connectivity index (χ3n) is 5.21. The standard InChI is InChI=1S/C20H29FN4O/c1-2-23-13-15-24(16-14-23)10-3-4-17-26-18-7-11-25(12-8-18)20-19(21)6-5-9-22-20/h5-6,9,18H,2,7-8,10-17H2,1H3. The molecule has 1 aromatic rings. The van der Waals surface area contributed by atoms with Crippen LogP contribution in [0.1, 0.15) is 19.8 Å². The minimum absolute atomic E-state index is 0.209. The number of piperazine rings is 1. The van der Waals surface area contributed by atoms with E-state index in [-0.39, 0.29) is 11.9 Å². The molecule has 0 saturated carbocycles. The fourth-order valence-corrected chi connectivity index (χ4v) is 3.49. The maximum Gasteiger partial charge on any atom is 0.165 e. The van der Waals surface area contributed by atoms with E-state index in [9.17, 15) is 4.39 Å². The van der Waals surface area contributed by atoms with E-state index < -0.39 is 0 Å². The van der Waals surface area contributed by atoms with Crippen LogP contribution in [-0.4, -0.2) is 79.9 Å². The van der Waals surface area contributed by atoms with Crippen molar-refractivity contribution in [3.8, 4) is 11.8 Å². The molecule has 1 aromatic heterocycles. The van der Waals surface area contributed by atoms with Crippen molar-refractivity contribution in [1.29, 1.82) is 0 Å². The van der Waals surface area contributed by atoms with Crippen molar-refractivity contribution < 1.29 is 9.13 Å². The normalized spacial score (nSPS) is 20.0. The summed E-state index contributed by atoms with van der Waals surface area (Å²) in [5.41, 5.74) is 0. The van der Waals surface area contributed by atoms with E-state index in [0.717, 1.165) is 65.2 Å². The molecule has 0 amide bonds. The van der Waals surface area contributed by atoms with Gasteiger partial charge < -0.3 is 14.5 Å². The molecule has 2 saturated heterocycles. The number of anilines is 1. The van der Waals surface area contributed by atoms with Crippen LogP contribution in [0, 0.1) is 17.7 Å². The van der Waals surface area contributed by atoms with Gasteiger partial charge in [-0.3, -0.25) is 4.90 Å². The quantitative estimate of drug-likeness (QED) is 0.748. The Balaban J connectivity index is 1.32. The van der Waals surface area contributed by atoms with Crippen LogP contribution in [0.25, 0.3) is 0 Å². The van der Waals surface area contributed by atoms with Gasteiger partial charge in [-0.15, -0.1) is 0 Å². The largest absolute Gasteiger partial charge is 0.365 e. The molecule has 0 aliphatic carbocycles. The number of aromatic nitrogens is 1. The Kier molecular flexibility index (Phi) is 7.24. The van der Waals surface area contributed by atoms with E-state index in [0.29, 0.717) is 12.4 Å². The lowest BCUT2D eigenvalue weighted by Gasteiger charge is -2.32. The van der Waals surface area contributed by atoms with Crippen LogP contribution in [0.15, 0.2) is 18.3 Å². The summed E-state index contributed by atoms with van der Waals surface area (Å²) in [7, 11) is 0. The van der Waals surface area contributed by atoms with Crippen molar-refractivity contribution in [2.45, 2.75) is 25.9 Å². The van der Waals surface area contributed by atoms with Gasteiger partial charge in [0.1, 0.15) is 6.61 Å². The Morgan fingerprint density at radius 2 is 1.85 bits per heavy atom. The summed E-state index contributed by atoms with van der Waals surface area (Å²) in [5, 5.41) is 0. The number of nitrogens with zero attached hydrogens (tertiary/aromatic N) is 4. The number of halogens is 1. The molecule has 3 rings (SSSR count). The summed E-state index contributed by atoms with van der Waals surface area (Å²) < 4.78 is 19.7. The van der Waals surface area contributed by atoms with Gasteiger partial charge in [-0.2, -0.15) is 0 Å². The molecule has 0 atom stereocenters. The van der Waals surface area contributed by atoms with Gasteiger partial charge >= 0.3 is 0 Å². The summed E-state index contributed by atoms with van der Waals surface area (Å²) in [5.74, 6) is 6.58. The molecule has 0 bridgehead atoms. The number of hydrogen-bond donors (Lipinski definition) is 0. The maximum absolute atomic E-state index is 13.8. The Bertz CT molecular complexity index is 614. The topological polar surface area (TPSA) is 31.8 Å². The molecule has 0 unspecified atom stereocenters. The Hall–Kier alpha value is -1.68. The number of rotatable bonds is 5. The van der Waals surface area contributed by atoms with Crippen LogP contribution in [0.5, 0.6) is 0 Å². The van der Waals surface area contributed by atoms with E-state index >= 15 is 0 Å². The molecule has 3 heterocycles. The lowest BCUT2D eigenvalue weighted by Crippen LogP contribution is -2.46. The number of ether oxygens (including phenoxy) is 1. The molecule has 0 spiro atoms. The van der Waals surface area contributed by atoms with Crippen molar-refractivity contribution in [2.24, 2.45) is 0 Å². The van der Waals surface area contributed by atoms with Crippen LogP contribution in [-0.2, 0) is 4.74 Å². The molecule has 2 aliphatic heterocycles. The highest BCUT2D eigenvalue weighted by Crippen LogP contribution is 2.21. The summed E-state index contributed by atoms with van der Waals surface area (Å²) >= 11 is 0. The van der Waals surface area contributed by atoms with Crippen molar-refractivity contribution >= 4 is 5.82 Å². The second-order valence-corrected chi connectivity index (χ2v) is 6.87. The predicted molar refractivity (Wildman–Crippen MR) is 102 cm³/mol. The van der Waals surface area contributed by atoms with Crippen LogP contribution in [0.3, 0.4) is 0 Å². The monoisotopic (exact) mass is 360 g/mol. The van der Waals surface area contributed by atoms with E-state index in [2.05, 4.69) is 33.5 Å². The lowest BCUT2D eigenvalue weighted by molar-refractivity contribution is 0.0592. The van der Waals surface area contributed by atoms with Gasteiger partial charge in [0.05, 0.1) is 12.6 Å². The highest BCUT2D eigenvalue weighted by Gasteiger charge is 2.22. The fourth-order valence-electron chi connectivity index (χ4n) is 3.49. The first-order valence-corrected chi connectivity index (χ1v) is 9.63. The maximum atomic E-state index is 13.8. The van der Waals surface area contributed by atoms with Crippen LogP contribution >= 0.6 is 0 Å². The zero-order chi connectivity index (χ0) is 18.2. The average Bonchev–Trinajstić information content (AvgIpc) is 2.69. The second kappa shape index (κ2) is 9.86. The molecule has 2 fully saturated rings. The number of hydrogen-bond acceptors (Lipinski definition) is 5. The second-order valence-electron chi connectivity index (χ2n) is 6.87. The lowest BCUT2D eigenvalue weighted by atomic mass is 10.1. The molecule has 142 valence electrons. The van der Waals surface area contributed by atoms with E-state index in [4.69, 9.17) is 4.74 Å². The van der Waals surface area contributed by atoms with Gasteiger partial charge in [-0.1, -0.05) is 18.8 Å². The SMILES string of the molecule is CCN1CCN(CC#CCOC2CCN(c3ncccc3F)CC2)CC1. The van der Waals surface area contributed by atoms with E-state index in [1.165, 1.54) is 6.07 Å². The molecule has 26 heavy (non-hydrogen) atoms. The fraction of sp³-hybridized carbons (Fsp3) is 0.650. The minimum atomic E-state index is -0.252. The van der Waals surface area contributed by atoms with Crippen LogP contribution in [0.2, 0.25) is 0 Å². The first kappa shape index (κ1) is 19.1. The van der Waals surface area contributed by atoms with Crippen molar-refractivity contribution in [3.05, 3.63) is 24.1 Å². The summed E-state index contributed by atoms with van der Waals surface area (Å²) in [6.45, 7) is 10.7. The molecule has 6 heteroatoms. The third kappa shape index (κ3) is 5.41. The van der Waals surface area contributed by atoms with Crippen molar-refractivity contribution in [3.63, 3.8) is 0 Å². The van der Waals surface area contributed by atoms with E-state index in [1.54, 1.807) is 12.3 Å². The van der Waals surface area contributed by atoms with E-state index in [1.807, 2.05) is 4.90 Å². The van der Waals surface area contributed by atoms with Gasteiger partial charge in [0, 0.05) is 45.5 Å². The van der Waals surface area contributed by atoms with Crippen LogP contribution < -0.4 is 4.90 Å². The van der Waals surface area contributed by atoms with Gasteiger partial charge in [-0.25, -0.2) is 9.37 Å². The van der Waals surface area contributed by atoms with Crippen molar-refractivity contribution in [1.82, 2.24) is 14.8 Å². The smallest absolute Gasteiger partial charge is 0.165 e. The number of likely N-dealkylation sites (N-methyl/N-ethyl adjacent to an activating group) is 1. The Morgan fingerprint density at radius 3 is 2.54 bits per heavy atom. The molecule has 0 N–H and O–H groups in total. The molecule has 2 aliphatic rings. The highest BCUT2D eigenvalue weighted by atomic mass is 19.1. The first-order valence-electron chi connectivity index (χ1n) is 9.63. The van der Waals surface area contributed by atoms with Gasteiger partial charge in [0.2, 0.25) is 0 Å². The Labute approximate surface area is 156 Å². The number of pyridine rings is 1. The first-order chi connectivity index (χ1) is 12.8. The molecular weight excluding hydrogens is 331 g/mol. The average molecular weight is 360 g/mol. The number of piperidine rings is 1. The van der Waals surface area contributed by atoms with Gasteiger partial charge in [0.25, 0.3) is 0 Å². The zero-order valence-corrected chi connectivity index (χ0v) is 15.7. The van der Waals surface area contributed by atoms with Gasteiger partial charge in [-0.05, 0) is 31.5 Å². The summed E-state index contributed by atoms with van der Waals surface area (Å²) in [6.07, 6.45) is 3.62. The summed E-state index contributed by atoms with van der Waals surface area (Å²) in [4.78, 5) is 11.0. The molecule has 5 nitrogen and oxygen atoms in total. The predicted octanol–water partition coefficient (Wildman–Crippen LogP) is 1.85. The van der Waals surface area contributed by atoms with Gasteiger partial charge in [0.15, 0.2) is 11.6 Å². The molecule has 0 radical (unpaired) electrons.